The molecule has 1 saturated carbocycles. The molecule has 0 aliphatic heterocycles. The minimum Gasteiger partial charge on any atom is -0.358 e. The van der Waals surface area contributed by atoms with Crippen LogP contribution in [0.1, 0.15) is 59.7 Å². The number of rotatable bonds is 2. The molecule has 4 heteroatoms. The van der Waals surface area contributed by atoms with Gasteiger partial charge >= 0.3 is 0 Å². The zero-order valence-corrected chi connectivity index (χ0v) is 13.0. The van der Waals surface area contributed by atoms with Crippen molar-refractivity contribution in [3.8, 4) is 0 Å². The third kappa shape index (κ3) is 3.22. The number of anilines is 1. The minimum absolute atomic E-state index is 0.0464. The van der Waals surface area contributed by atoms with Crippen molar-refractivity contribution >= 4 is 16.7 Å². The SMILES string of the molecule is CC1CCC(Nc2nc(C(C)(C)C)ns2)CC1C. The maximum atomic E-state index is 4.62. The molecule has 3 atom stereocenters. The molecule has 0 radical (unpaired) electrons. The van der Waals surface area contributed by atoms with Gasteiger partial charge in [-0.15, -0.1) is 0 Å². The molecule has 0 aromatic carbocycles. The first-order valence-corrected chi connectivity index (χ1v) is 7.74. The Morgan fingerprint density at radius 2 is 1.89 bits per heavy atom. The molecule has 1 heterocycles. The predicted molar refractivity (Wildman–Crippen MR) is 78.2 cm³/mol. The molecule has 0 bridgehead atoms. The average molecular weight is 267 g/mol. The number of hydrogen-bond donors (Lipinski definition) is 1. The number of nitrogens with zero attached hydrogens (tertiary/aromatic N) is 2. The van der Waals surface area contributed by atoms with E-state index in [-0.39, 0.29) is 5.41 Å². The van der Waals surface area contributed by atoms with Gasteiger partial charge < -0.3 is 5.32 Å². The first kappa shape index (κ1) is 13.8. The molecule has 1 aromatic rings. The van der Waals surface area contributed by atoms with Gasteiger partial charge in [-0.25, -0.2) is 4.98 Å². The van der Waals surface area contributed by atoms with E-state index >= 15 is 0 Å². The van der Waals surface area contributed by atoms with Gasteiger partial charge in [0, 0.05) is 23.0 Å². The fourth-order valence-corrected chi connectivity index (χ4v) is 3.27. The second-order valence-corrected chi connectivity index (χ2v) is 7.53. The van der Waals surface area contributed by atoms with Gasteiger partial charge in [0.25, 0.3) is 0 Å². The van der Waals surface area contributed by atoms with Gasteiger partial charge in [0.1, 0.15) is 5.82 Å². The first-order valence-electron chi connectivity index (χ1n) is 6.97. The van der Waals surface area contributed by atoms with E-state index in [0.29, 0.717) is 6.04 Å². The predicted octanol–water partition coefficient (Wildman–Crippen LogP) is 4.07. The molecule has 102 valence electrons. The maximum Gasteiger partial charge on any atom is 0.202 e. The van der Waals surface area contributed by atoms with Gasteiger partial charge in [0.2, 0.25) is 5.13 Å². The van der Waals surface area contributed by atoms with Gasteiger partial charge in [0.15, 0.2) is 0 Å². The summed E-state index contributed by atoms with van der Waals surface area (Å²) in [5, 5.41) is 4.56. The van der Waals surface area contributed by atoms with Crippen molar-refractivity contribution < 1.29 is 0 Å². The second-order valence-electron chi connectivity index (χ2n) is 6.78. The molecule has 1 aliphatic rings. The van der Waals surface area contributed by atoms with Crippen LogP contribution >= 0.6 is 11.5 Å². The van der Waals surface area contributed by atoms with Crippen molar-refractivity contribution in [2.24, 2.45) is 11.8 Å². The highest BCUT2D eigenvalue weighted by Crippen LogP contribution is 2.32. The largest absolute Gasteiger partial charge is 0.358 e. The van der Waals surface area contributed by atoms with E-state index in [2.05, 4.69) is 49.3 Å². The number of aromatic nitrogens is 2. The smallest absolute Gasteiger partial charge is 0.202 e. The Hall–Kier alpha value is -0.640. The zero-order chi connectivity index (χ0) is 13.3. The molecule has 2 rings (SSSR count). The molecule has 1 aliphatic carbocycles. The van der Waals surface area contributed by atoms with Crippen LogP contribution in [0.15, 0.2) is 0 Å². The summed E-state index contributed by atoms with van der Waals surface area (Å²) in [4.78, 5) is 4.62. The van der Waals surface area contributed by atoms with Crippen LogP contribution in [0.25, 0.3) is 0 Å². The van der Waals surface area contributed by atoms with E-state index < -0.39 is 0 Å². The van der Waals surface area contributed by atoms with E-state index in [1.54, 1.807) is 0 Å². The van der Waals surface area contributed by atoms with Crippen molar-refractivity contribution in [3.05, 3.63) is 5.82 Å². The van der Waals surface area contributed by atoms with Crippen molar-refractivity contribution in [2.75, 3.05) is 5.32 Å². The third-order valence-corrected chi connectivity index (χ3v) is 4.67. The average Bonchev–Trinajstić information content (AvgIpc) is 2.72. The summed E-state index contributed by atoms with van der Waals surface area (Å²) in [5.41, 5.74) is 0.0464. The molecule has 1 N–H and O–H groups in total. The lowest BCUT2D eigenvalue weighted by Gasteiger charge is -2.32. The van der Waals surface area contributed by atoms with Gasteiger partial charge in [-0.3, -0.25) is 0 Å². The molecule has 3 nitrogen and oxygen atoms in total. The second kappa shape index (κ2) is 5.16. The summed E-state index contributed by atoms with van der Waals surface area (Å²) in [6.07, 6.45) is 3.84. The van der Waals surface area contributed by atoms with Crippen LogP contribution in [0.5, 0.6) is 0 Å². The van der Waals surface area contributed by atoms with Crippen molar-refractivity contribution in [1.82, 2.24) is 9.36 Å². The summed E-state index contributed by atoms with van der Waals surface area (Å²) in [7, 11) is 0. The molecule has 1 aromatic heterocycles. The van der Waals surface area contributed by atoms with Crippen molar-refractivity contribution in [3.63, 3.8) is 0 Å². The molecule has 0 amide bonds. The summed E-state index contributed by atoms with van der Waals surface area (Å²) in [6, 6.07) is 0.581. The molecule has 3 unspecified atom stereocenters. The quantitative estimate of drug-likeness (QED) is 0.877. The van der Waals surface area contributed by atoms with Gasteiger partial charge in [-0.1, -0.05) is 34.6 Å². The molecule has 0 saturated heterocycles. The minimum atomic E-state index is 0.0464. The monoisotopic (exact) mass is 267 g/mol. The van der Waals surface area contributed by atoms with Gasteiger partial charge in [-0.05, 0) is 31.1 Å². The standard InChI is InChI=1S/C14H25N3S/c1-9-6-7-11(8-10(9)2)15-13-16-12(17-18-13)14(3,4)5/h9-11H,6-8H2,1-5H3,(H,15,16,17). The first-order chi connectivity index (χ1) is 8.36. The molecular weight excluding hydrogens is 242 g/mol. The highest BCUT2D eigenvalue weighted by molar-refractivity contribution is 7.09. The Morgan fingerprint density at radius 3 is 2.44 bits per heavy atom. The highest BCUT2D eigenvalue weighted by Gasteiger charge is 2.26. The lowest BCUT2D eigenvalue weighted by Crippen LogP contribution is -2.30. The summed E-state index contributed by atoms with van der Waals surface area (Å²) >= 11 is 1.50. The van der Waals surface area contributed by atoms with Crippen LogP contribution in [0.3, 0.4) is 0 Å². The maximum absolute atomic E-state index is 4.62. The van der Waals surface area contributed by atoms with Gasteiger partial charge in [-0.2, -0.15) is 4.37 Å². The summed E-state index contributed by atoms with van der Waals surface area (Å²) in [6.45, 7) is 11.2. The Balaban J connectivity index is 1.96. The molecular formula is C14H25N3S. The molecule has 0 spiro atoms. The van der Waals surface area contributed by atoms with E-state index in [1.165, 1.54) is 30.8 Å². The van der Waals surface area contributed by atoms with Crippen molar-refractivity contribution in [2.45, 2.75) is 65.3 Å². The normalized spacial score (nSPS) is 29.3. The highest BCUT2D eigenvalue weighted by atomic mass is 32.1. The zero-order valence-electron chi connectivity index (χ0n) is 12.2. The third-order valence-electron chi connectivity index (χ3n) is 4.02. The lowest BCUT2D eigenvalue weighted by molar-refractivity contribution is 0.261. The number of hydrogen-bond acceptors (Lipinski definition) is 4. The topological polar surface area (TPSA) is 37.8 Å². The van der Waals surface area contributed by atoms with Gasteiger partial charge in [0.05, 0.1) is 0 Å². The van der Waals surface area contributed by atoms with Crippen LogP contribution < -0.4 is 5.32 Å². The Labute approximate surface area is 115 Å². The van der Waals surface area contributed by atoms with Crippen LogP contribution in [0.2, 0.25) is 0 Å². The van der Waals surface area contributed by atoms with E-state index in [0.717, 1.165) is 22.8 Å². The van der Waals surface area contributed by atoms with E-state index in [4.69, 9.17) is 0 Å². The Morgan fingerprint density at radius 1 is 1.17 bits per heavy atom. The molecule has 18 heavy (non-hydrogen) atoms. The van der Waals surface area contributed by atoms with Crippen molar-refractivity contribution in [1.29, 1.82) is 0 Å². The molecule has 1 fully saturated rings. The summed E-state index contributed by atoms with van der Waals surface area (Å²) in [5.74, 6) is 2.63. The number of nitrogens with one attached hydrogen (secondary N) is 1. The van der Waals surface area contributed by atoms with Crippen LogP contribution in [-0.2, 0) is 5.41 Å². The lowest BCUT2D eigenvalue weighted by atomic mass is 9.79. The van der Waals surface area contributed by atoms with E-state index in [1.807, 2.05) is 0 Å². The Kier molecular flexibility index (Phi) is 3.95. The Bertz CT molecular complexity index is 394. The van der Waals surface area contributed by atoms with E-state index in [9.17, 15) is 0 Å². The van der Waals surface area contributed by atoms with Crippen LogP contribution in [-0.4, -0.2) is 15.4 Å². The fraction of sp³-hybridized carbons (Fsp3) is 0.857. The summed E-state index contributed by atoms with van der Waals surface area (Å²) < 4.78 is 4.45. The fourth-order valence-electron chi connectivity index (χ4n) is 2.44. The van der Waals surface area contributed by atoms with Crippen LogP contribution in [0.4, 0.5) is 5.13 Å². The van der Waals surface area contributed by atoms with Crippen LogP contribution in [0, 0.1) is 11.8 Å².